The van der Waals surface area contributed by atoms with Crippen LogP contribution in [-0.2, 0) is 13.1 Å². The molecule has 2 rings (SSSR count). The summed E-state index contributed by atoms with van der Waals surface area (Å²) in [5.41, 5.74) is 0.858. The monoisotopic (exact) mass is 539 g/mol. The molecule has 0 aromatic heterocycles. The molecule has 2 aromatic rings. The third-order valence-corrected chi connectivity index (χ3v) is 3.94. The minimum absolute atomic E-state index is 0. The molecule has 0 fully saturated rings. The number of alkyl halides is 2. The summed E-state index contributed by atoms with van der Waals surface area (Å²) in [5.74, 6) is 0.720. The second kappa shape index (κ2) is 13.0. The molecule has 166 valence electrons. The molecule has 0 saturated heterocycles. The van der Waals surface area contributed by atoms with Gasteiger partial charge in [-0.2, -0.15) is 8.78 Å². The molecule has 0 aliphatic carbocycles. The van der Waals surface area contributed by atoms with Crippen molar-refractivity contribution < 1.29 is 27.4 Å². The molecule has 0 amide bonds. The molecular formula is C20H25F3IN3O3. The number of nitrogens with one attached hydrogen (secondary N) is 2. The molecule has 0 heterocycles. The Kier molecular flexibility index (Phi) is 11.2. The molecule has 0 aliphatic heterocycles. The van der Waals surface area contributed by atoms with Gasteiger partial charge in [-0.25, -0.2) is 9.38 Å². The topological polar surface area (TPSA) is 64.1 Å². The fraction of sp³-hybridized carbons (Fsp3) is 0.350. The van der Waals surface area contributed by atoms with Gasteiger partial charge in [0.15, 0.2) is 17.5 Å². The lowest BCUT2D eigenvalue weighted by Crippen LogP contribution is -2.37. The molecule has 0 bridgehead atoms. The van der Waals surface area contributed by atoms with E-state index in [1.807, 2.05) is 13.0 Å². The molecule has 30 heavy (non-hydrogen) atoms. The zero-order valence-electron chi connectivity index (χ0n) is 16.9. The van der Waals surface area contributed by atoms with E-state index in [9.17, 15) is 13.2 Å². The van der Waals surface area contributed by atoms with E-state index in [0.29, 0.717) is 30.5 Å². The average Bonchev–Trinajstić information content (AvgIpc) is 2.70. The van der Waals surface area contributed by atoms with Crippen molar-refractivity contribution in [3.63, 3.8) is 0 Å². The quantitative estimate of drug-likeness (QED) is 0.283. The van der Waals surface area contributed by atoms with Crippen LogP contribution in [0.15, 0.2) is 41.4 Å². The van der Waals surface area contributed by atoms with Gasteiger partial charge in [-0.15, -0.1) is 24.0 Å². The summed E-state index contributed by atoms with van der Waals surface area (Å²) in [4.78, 5) is 4.44. The lowest BCUT2D eigenvalue weighted by atomic mass is 10.2. The summed E-state index contributed by atoms with van der Waals surface area (Å²) in [6.07, 6.45) is 0. The van der Waals surface area contributed by atoms with Crippen LogP contribution < -0.4 is 24.8 Å². The van der Waals surface area contributed by atoms with Gasteiger partial charge in [0.05, 0.1) is 20.8 Å². The van der Waals surface area contributed by atoms with Crippen LogP contribution in [0.4, 0.5) is 13.2 Å². The maximum atomic E-state index is 14.1. The van der Waals surface area contributed by atoms with Gasteiger partial charge in [0.2, 0.25) is 0 Å². The van der Waals surface area contributed by atoms with Gasteiger partial charge < -0.3 is 24.8 Å². The Balaban J connectivity index is 0.00000450. The zero-order chi connectivity index (χ0) is 21.2. The first-order valence-corrected chi connectivity index (χ1v) is 8.93. The van der Waals surface area contributed by atoms with Crippen LogP contribution in [0.1, 0.15) is 18.1 Å². The van der Waals surface area contributed by atoms with Gasteiger partial charge in [-0.1, -0.05) is 12.1 Å². The standard InChI is InChI=1S/C20H24F3N3O3.HI/c1-4-24-20(25-11-13-8-9-17(27-2)18(10-13)28-3)26-12-14-15(21)6-5-7-16(14)29-19(22)23;/h5-10,19H,4,11-12H2,1-3H3,(H2,24,25,26);1H. The van der Waals surface area contributed by atoms with Crippen molar-refractivity contribution in [1.82, 2.24) is 10.6 Å². The number of benzene rings is 2. The zero-order valence-corrected chi connectivity index (χ0v) is 19.2. The second-order valence-electron chi connectivity index (χ2n) is 5.83. The molecule has 0 unspecified atom stereocenters. The Morgan fingerprint density at radius 3 is 2.40 bits per heavy atom. The van der Waals surface area contributed by atoms with Crippen molar-refractivity contribution in [3.05, 3.63) is 53.3 Å². The van der Waals surface area contributed by atoms with Crippen molar-refractivity contribution in [2.75, 3.05) is 20.8 Å². The van der Waals surface area contributed by atoms with Crippen molar-refractivity contribution in [3.8, 4) is 17.2 Å². The third kappa shape index (κ3) is 7.47. The first-order chi connectivity index (χ1) is 14.0. The van der Waals surface area contributed by atoms with E-state index >= 15 is 0 Å². The highest BCUT2D eigenvalue weighted by molar-refractivity contribution is 14.0. The molecule has 2 aromatic carbocycles. The molecule has 10 heteroatoms. The summed E-state index contributed by atoms with van der Waals surface area (Å²) in [6, 6.07) is 9.21. The number of ether oxygens (including phenoxy) is 3. The summed E-state index contributed by atoms with van der Waals surface area (Å²) in [7, 11) is 3.10. The van der Waals surface area contributed by atoms with E-state index in [1.54, 1.807) is 26.4 Å². The molecule has 0 saturated carbocycles. The third-order valence-electron chi connectivity index (χ3n) is 3.94. The Hall–Kier alpha value is -2.37. The van der Waals surface area contributed by atoms with Crippen molar-refractivity contribution in [2.45, 2.75) is 26.6 Å². The van der Waals surface area contributed by atoms with E-state index < -0.39 is 12.4 Å². The molecule has 0 atom stereocenters. The number of hydrogen-bond donors (Lipinski definition) is 2. The number of methoxy groups -OCH3 is 2. The number of halogens is 4. The highest BCUT2D eigenvalue weighted by atomic mass is 127. The molecule has 2 N–H and O–H groups in total. The van der Waals surface area contributed by atoms with E-state index in [1.165, 1.54) is 18.2 Å². The molecule has 0 spiro atoms. The summed E-state index contributed by atoms with van der Waals surface area (Å²) < 4.78 is 54.1. The molecule has 0 radical (unpaired) electrons. The van der Waals surface area contributed by atoms with Crippen molar-refractivity contribution in [1.29, 1.82) is 0 Å². The maximum Gasteiger partial charge on any atom is 0.387 e. The van der Waals surface area contributed by atoms with Gasteiger partial charge >= 0.3 is 6.61 Å². The Labute approximate surface area is 190 Å². The highest BCUT2D eigenvalue weighted by Gasteiger charge is 2.14. The molecule has 6 nitrogen and oxygen atoms in total. The SMILES string of the molecule is CCNC(=NCc1ccc(OC)c(OC)c1)NCc1c(F)cccc1OC(F)F.I. The lowest BCUT2D eigenvalue weighted by Gasteiger charge is -2.15. The summed E-state index contributed by atoms with van der Waals surface area (Å²) >= 11 is 0. The van der Waals surface area contributed by atoms with Crippen LogP contribution in [0.2, 0.25) is 0 Å². The Bertz CT molecular complexity index is 838. The first kappa shape index (κ1) is 25.7. The predicted octanol–water partition coefficient (Wildman–Crippen LogP) is 4.32. The van der Waals surface area contributed by atoms with Crippen LogP contribution in [0.5, 0.6) is 17.2 Å². The minimum Gasteiger partial charge on any atom is -0.493 e. The number of guanidine groups is 1. The summed E-state index contributed by atoms with van der Waals surface area (Å²) in [6.45, 7) is -0.361. The van der Waals surface area contributed by atoms with Gasteiger partial charge in [-0.3, -0.25) is 0 Å². The number of nitrogens with zero attached hydrogens (tertiary/aromatic N) is 1. The lowest BCUT2D eigenvalue weighted by molar-refractivity contribution is -0.0506. The van der Waals surface area contributed by atoms with Gasteiger partial charge in [-0.05, 0) is 36.8 Å². The second-order valence-corrected chi connectivity index (χ2v) is 5.83. The van der Waals surface area contributed by atoms with Gasteiger partial charge in [0.1, 0.15) is 11.6 Å². The van der Waals surface area contributed by atoms with E-state index in [0.717, 1.165) is 5.56 Å². The molecular weight excluding hydrogens is 514 g/mol. The Morgan fingerprint density at radius 1 is 1.03 bits per heavy atom. The van der Waals surface area contributed by atoms with Crippen molar-refractivity contribution >= 4 is 29.9 Å². The van der Waals surface area contributed by atoms with Crippen LogP contribution in [0.25, 0.3) is 0 Å². The largest absolute Gasteiger partial charge is 0.493 e. The smallest absolute Gasteiger partial charge is 0.387 e. The van der Waals surface area contributed by atoms with E-state index in [-0.39, 0.29) is 41.8 Å². The number of aliphatic imine (C=N–C) groups is 1. The van der Waals surface area contributed by atoms with Crippen molar-refractivity contribution in [2.24, 2.45) is 4.99 Å². The molecule has 0 aliphatic rings. The Morgan fingerprint density at radius 2 is 1.77 bits per heavy atom. The van der Waals surface area contributed by atoms with Crippen LogP contribution in [0, 0.1) is 5.82 Å². The van der Waals surface area contributed by atoms with E-state index in [2.05, 4.69) is 20.4 Å². The normalized spacial score (nSPS) is 11.0. The first-order valence-electron chi connectivity index (χ1n) is 8.93. The summed E-state index contributed by atoms with van der Waals surface area (Å²) in [5, 5.41) is 5.96. The minimum atomic E-state index is -3.04. The van der Waals surface area contributed by atoms with Crippen LogP contribution in [0.3, 0.4) is 0 Å². The van der Waals surface area contributed by atoms with Gasteiger partial charge in [0, 0.05) is 18.7 Å². The maximum absolute atomic E-state index is 14.1. The highest BCUT2D eigenvalue weighted by Crippen LogP contribution is 2.28. The van der Waals surface area contributed by atoms with Crippen LogP contribution >= 0.6 is 24.0 Å². The fourth-order valence-corrected chi connectivity index (χ4v) is 2.58. The van der Waals surface area contributed by atoms with E-state index in [4.69, 9.17) is 9.47 Å². The number of rotatable bonds is 9. The fourth-order valence-electron chi connectivity index (χ4n) is 2.58. The van der Waals surface area contributed by atoms with Gasteiger partial charge in [0.25, 0.3) is 0 Å². The van der Waals surface area contributed by atoms with Crippen LogP contribution in [-0.4, -0.2) is 33.3 Å². The number of hydrogen-bond acceptors (Lipinski definition) is 4. The predicted molar refractivity (Wildman–Crippen MR) is 120 cm³/mol. The average molecular weight is 539 g/mol.